The summed E-state index contributed by atoms with van der Waals surface area (Å²) in [4.78, 5) is 52.9. The molecule has 3 atom stereocenters. The average Bonchev–Trinajstić information content (AvgIpc) is 3.41. The number of hydrogen-bond acceptors (Lipinski definition) is 5. The van der Waals surface area contributed by atoms with E-state index in [0.29, 0.717) is 43.8 Å². The quantitative estimate of drug-likeness (QED) is 0.354. The Bertz CT molecular complexity index is 1110. The number of rotatable bonds is 8. The van der Waals surface area contributed by atoms with Gasteiger partial charge < -0.3 is 25.4 Å². The number of alkyl carbamates (subject to hydrolysis) is 1. The van der Waals surface area contributed by atoms with Gasteiger partial charge in [-0.1, -0.05) is 32.1 Å². The molecule has 0 bridgehead atoms. The molecule has 3 N–H and O–H groups in total. The van der Waals surface area contributed by atoms with Crippen molar-refractivity contribution in [2.75, 3.05) is 18.5 Å². The number of carboxylic acids is 1. The molecule has 2 aliphatic carbocycles. The van der Waals surface area contributed by atoms with E-state index in [1.165, 1.54) is 18.6 Å². The minimum atomic E-state index is -1.04. The van der Waals surface area contributed by atoms with E-state index in [9.17, 15) is 28.7 Å². The first-order valence-electron chi connectivity index (χ1n) is 15.5. The molecule has 0 unspecified atom stereocenters. The summed E-state index contributed by atoms with van der Waals surface area (Å²) in [6.07, 6.45) is 8.09. The molecule has 42 heavy (non-hydrogen) atoms. The van der Waals surface area contributed by atoms with Gasteiger partial charge in [-0.3, -0.25) is 9.59 Å². The summed E-state index contributed by atoms with van der Waals surface area (Å²) < 4.78 is 19.2. The predicted molar refractivity (Wildman–Crippen MR) is 157 cm³/mol. The molecule has 1 aliphatic heterocycles. The Morgan fingerprint density at radius 1 is 0.976 bits per heavy atom. The lowest BCUT2D eigenvalue weighted by Crippen LogP contribution is -2.50. The largest absolute Gasteiger partial charge is 0.478 e. The Kier molecular flexibility index (Phi) is 10.5. The Morgan fingerprint density at radius 2 is 1.62 bits per heavy atom. The number of ether oxygens (including phenoxy) is 1. The normalized spacial score (nSPS) is 25.9. The zero-order chi connectivity index (χ0) is 30.4. The van der Waals surface area contributed by atoms with Crippen molar-refractivity contribution in [2.45, 2.75) is 103 Å². The molecule has 1 aromatic rings. The van der Waals surface area contributed by atoms with Crippen molar-refractivity contribution in [3.63, 3.8) is 0 Å². The van der Waals surface area contributed by atoms with E-state index in [4.69, 9.17) is 4.74 Å². The Hall–Kier alpha value is -3.17. The summed E-state index contributed by atoms with van der Waals surface area (Å²) in [5, 5.41) is 14.8. The predicted octanol–water partition coefficient (Wildman–Crippen LogP) is 5.79. The first kappa shape index (κ1) is 31.8. The fourth-order valence-electron chi connectivity index (χ4n) is 7.11. The standard InChI is InChI=1S/C32H46FN3O6/c1-32(2,3)42-31(41)35-26(19-33)21-9-11-22(12-10-21)29(38)36-18-17-25(20-7-5-4-6-8-20)27(36)28(37)34-24-15-13-23(14-16-24)30(39)40/h13-16,20-22,25-27H,4-12,17-19H2,1-3H3,(H,34,37)(H,35,41)(H,39,40)/t21?,22?,25-,26+,27-/m0/s1. The van der Waals surface area contributed by atoms with E-state index < -0.39 is 36.4 Å². The number of carbonyl (C=O) groups is 4. The number of nitrogens with one attached hydrogen (secondary N) is 2. The molecule has 4 rings (SSSR count). The van der Waals surface area contributed by atoms with Gasteiger partial charge in [0, 0.05) is 18.2 Å². The van der Waals surface area contributed by atoms with Crippen molar-refractivity contribution in [1.82, 2.24) is 10.2 Å². The zero-order valence-corrected chi connectivity index (χ0v) is 25.1. The number of alkyl halides is 1. The number of amides is 3. The minimum absolute atomic E-state index is 0.0231. The number of hydrogen-bond donors (Lipinski definition) is 3. The molecule has 0 radical (unpaired) electrons. The van der Waals surface area contributed by atoms with Gasteiger partial charge in [-0.05, 0) is 94.9 Å². The monoisotopic (exact) mass is 587 g/mol. The third kappa shape index (κ3) is 8.01. The maximum Gasteiger partial charge on any atom is 0.407 e. The van der Waals surface area contributed by atoms with Crippen molar-refractivity contribution < 1.29 is 33.4 Å². The van der Waals surface area contributed by atoms with Crippen LogP contribution in [0.15, 0.2) is 24.3 Å². The molecular formula is C32H46FN3O6. The lowest BCUT2D eigenvalue weighted by Gasteiger charge is -2.37. The van der Waals surface area contributed by atoms with Crippen LogP contribution in [0.1, 0.15) is 95.3 Å². The van der Waals surface area contributed by atoms with E-state index >= 15 is 0 Å². The van der Waals surface area contributed by atoms with Crippen molar-refractivity contribution in [3.8, 4) is 0 Å². The molecule has 10 heteroatoms. The van der Waals surface area contributed by atoms with Crippen molar-refractivity contribution in [1.29, 1.82) is 0 Å². The van der Waals surface area contributed by atoms with Gasteiger partial charge in [0.1, 0.15) is 18.3 Å². The number of carbonyl (C=O) groups excluding carboxylic acids is 3. The van der Waals surface area contributed by atoms with E-state index in [-0.39, 0.29) is 35.1 Å². The third-order valence-corrected chi connectivity index (χ3v) is 9.21. The highest BCUT2D eigenvalue weighted by Crippen LogP contribution is 2.41. The molecule has 0 aromatic heterocycles. The van der Waals surface area contributed by atoms with Gasteiger partial charge in [0.15, 0.2) is 0 Å². The number of aromatic carboxylic acids is 1. The number of likely N-dealkylation sites (tertiary alicyclic amines) is 1. The molecule has 0 spiro atoms. The number of benzene rings is 1. The second kappa shape index (κ2) is 13.9. The smallest absolute Gasteiger partial charge is 0.407 e. The van der Waals surface area contributed by atoms with Gasteiger partial charge in [0.25, 0.3) is 0 Å². The Morgan fingerprint density at radius 3 is 2.19 bits per heavy atom. The Balaban J connectivity index is 1.42. The summed E-state index contributed by atoms with van der Waals surface area (Å²) in [6, 6.07) is 4.82. The first-order valence-corrected chi connectivity index (χ1v) is 15.5. The third-order valence-electron chi connectivity index (χ3n) is 9.21. The van der Waals surface area contributed by atoms with Gasteiger partial charge in [0.05, 0.1) is 11.6 Å². The van der Waals surface area contributed by atoms with Gasteiger partial charge in [0.2, 0.25) is 11.8 Å². The number of carboxylic acid groups (broad SMARTS) is 1. The van der Waals surface area contributed by atoms with Gasteiger partial charge in [-0.15, -0.1) is 0 Å². The summed E-state index contributed by atoms with van der Waals surface area (Å²) in [7, 11) is 0. The van der Waals surface area contributed by atoms with Crippen molar-refractivity contribution in [3.05, 3.63) is 29.8 Å². The van der Waals surface area contributed by atoms with E-state index in [2.05, 4.69) is 10.6 Å². The number of nitrogens with zero attached hydrogens (tertiary/aromatic N) is 1. The summed E-state index contributed by atoms with van der Waals surface area (Å²) >= 11 is 0. The molecule has 3 aliphatic rings. The minimum Gasteiger partial charge on any atom is -0.478 e. The lowest BCUT2D eigenvalue weighted by atomic mass is 9.76. The van der Waals surface area contributed by atoms with Gasteiger partial charge in [-0.2, -0.15) is 0 Å². The van der Waals surface area contributed by atoms with Crippen LogP contribution in [0.3, 0.4) is 0 Å². The van der Waals surface area contributed by atoms with Crippen LogP contribution in [0.2, 0.25) is 0 Å². The van der Waals surface area contributed by atoms with Crippen LogP contribution in [0.5, 0.6) is 0 Å². The highest BCUT2D eigenvalue weighted by Gasteiger charge is 2.47. The SMILES string of the molecule is CC(C)(C)OC(=O)N[C@H](CF)C1CCC(C(=O)N2CC[C@@H](C3CCCCC3)[C@H]2C(=O)Nc2ccc(C(=O)O)cc2)CC1. The summed E-state index contributed by atoms with van der Waals surface area (Å²) in [6.45, 7) is 5.10. The van der Waals surface area contributed by atoms with E-state index in [1.807, 2.05) is 0 Å². The molecule has 9 nitrogen and oxygen atoms in total. The van der Waals surface area contributed by atoms with Crippen LogP contribution in [0.4, 0.5) is 14.9 Å². The zero-order valence-electron chi connectivity index (χ0n) is 25.1. The molecule has 1 aromatic carbocycles. The fourth-order valence-corrected chi connectivity index (χ4v) is 7.11. The highest BCUT2D eigenvalue weighted by atomic mass is 19.1. The number of halogens is 1. The van der Waals surface area contributed by atoms with E-state index in [0.717, 1.165) is 32.1 Å². The molecule has 3 amide bonds. The van der Waals surface area contributed by atoms with Crippen LogP contribution < -0.4 is 10.6 Å². The van der Waals surface area contributed by atoms with Crippen molar-refractivity contribution >= 4 is 29.6 Å². The number of anilines is 1. The average molecular weight is 588 g/mol. The van der Waals surface area contributed by atoms with Crippen LogP contribution in [0, 0.1) is 23.7 Å². The van der Waals surface area contributed by atoms with Gasteiger partial charge >= 0.3 is 12.1 Å². The van der Waals surface area contributed by atoms with Crippen molar-refractivity contribution in [2.24, 2.45) is 23.7 Å². The topological polar surface area (TPSA) is 125 Å². The second-order valence-corrected chi connectivity index (χ2v) is 13.2. The molecule has 1 saturated heterocycles. The molecular weight excluding hydrogens is 541 g/mol. The van der Waals surface area contributed by atoms with Crippen LogP contribution in [0.25, 0.3) is 0 Å². The van der Waals surface area contributed by atoms with Crippen LogP contribution >= 0.6 is 0 Å². The molecule has 1 heterocycles. The maximum absolute atomic E-state index is 13.9. The summed E-state index contributed by atoms with van der Waals surface area (Å²) in [5.74, 6) is -1.16. The first-order chi connectivity index (χ1) is 20.0. The van der Waals surface area contributed by atoms with Crippen LogP contribution in [-0.2, 0) is 14.3 Å². The molecule has 3 fully saturated rings. The van der Waals surface area contributed by atoms with E-state index in [1.54, 1.807) is 37.8 Å². The van der Waals surface area contributed by atoms with Gasteiger partial charge in [-0.25, -0.2) is 14.0 Å². The molecule has 2 saturated carbocycles. The van der Waals surface area contributed by atoms with Crippen LogP contribution in [-0.4, -0.2) is 64.8 Å². The summed E-state index contributed by atoms with van der Waals surface area (Å²) in [5.41, 5.74) is -0.0371. The fraction of sp³-hybridized carbons (Fsp3) is 0.688. The maximum atomic E-state index is 13.9. The Labute approximate surface area is 247 Å². The second-order valence-electron chi connectivity index (χ2n) is 13.2. The lowest BCUT2D eigenvalue weighted by molar-refractivity contribution is -0.142. The molecule has 232 valence electrons. The highest BCUT2D eigenvalue weighted by molar-refractivity contribution is 5.98.